The van der Waals surface area contributed by atoms with Crippen LogP contribution in [-0.2, 0) is 28.8 Å². The number of carbonyl (C=O) groups excluding carboxylic acids is 3. The average molecular weight is 530 g/mol. The number of carbonyl (C=O) groups is 3. The molecule has 0 unspecified atom stereocenters. The maximum absolute atomic E-state index is 12.8. The molecule has 1 spiro atoms. The fourth-order valence-corrected chi connectivity index (χ4v) is 5.37. The molecule has 202 valence electrons. The molecule has 0 radical (unpaired) electrons. The van der Waals surface area contributed by atoms with Crippen molar-refractivity contribution in [3.05, 3.63) is 70.8 Å². The van der Waals surface area contributed by atoms with Gasteiger partial charge in [0.25, 0.3) is 5.91 Å². The van der Waals surface area contributed by atoms with E-state index < -0.39 is 17.3 Å². The van der Waals surface area contributed by atoms with Gasteiger partial charge >= 0.3 is 12.3 Å². The summed E-state index contributed by atoms with van der Waals surface area (Å²) in [5, 5.41) is 0. The number of hydrogen-bond acceptors (Lipinski definition) is 5. The number of alkyl halides is 3. The smallest absolute Gasteiger partial charge is 0.416 e. The van der Waals surface area contributed by atoms with Crippen molar-refractivity contribution in [1.29, 1.82) is 0 Å². The summed E-state index contributed by atoms with van der Waals surface area (Å²) in [5.74, 6) is 0.0936. The lowest BCUT2D eigenvalue weighted by molar-refractivity contribution is -0.137. The van der Waals surface area contributed by atoms with E-state index in [1.807, 2.05) is 12.1 Å². The van der Waals surface area contributed by atoms with Gasteiger partial charge in [-0.05, 0) is 35.4 Å². The minimum Gasteiger partial charge on any atom is -0.441 e. The molecule has 3 saturated heterocycles. The van der Waals surface area contributed by atoms with Crippen LogP contribution < -0.4 is 0 Å². The van der Waals surface area contributed by atoms with Gasteiger partial charge in [0.1, 0.15) is 11.4 Å². The van der Waals surface area contributed by atoms with E-state index in [1.165, 1.54) is 12.1 Å². The first-order valence-electron chi connectivity index (χ1n) is 12.9. The maximum atomic E-state index is 12.8. The van der Waals surface area contributed by atoms with Crippen LogP contribution in [0, 0.1) is 0 Å². The molecule has 3 aliphatic heterocycles. The SMILES string of the molecule is O=C1CCN(C(=O)c2ccc(CN3CC4(CCN(Cc5ccc(C(F)(F)F)cc5)CC4)OC3=O)cc2)CC1. The first kappa shape index (κ1) is 26.2. The Labute approximate surface area is 219 Å². The van der Waals surface area contributed by atoms with Crippen LogP contribution in [-0.4, -0.2) is 70.8 Å². The van der Waals surface area contributed by atoms with Crippen LogP contribution in [0.3, 0.4) is 0 Å². The summed E-state index contributed by atoms with van der Waals surface area (Å²) in [7, 11) is 0. The molecule has 10 heteroatoms. The predicted octanol–water partition coefficient (Wildman–Crippen LogP) is 4.50. The van der Waals surface area contributed by atoms with E-state index in [2.05, 4.69) is 4.90 Å². The van der Waals surface area contributed by atoms with E-state index in [4.69, 9.17) is 4.74 Å². The summed E-state index contributed by atoms with van der Waals surface area (Å²) >= 11 is 0. The van der Waals surface area contributed by atoms with Crippen molar-refractivity contribution >= 4 is 17.8 Å². The number of piperidine rings is 2. The fourth-order valence-electron chi connectivity index (χ4n) is 5.37. The monoisotopic (exact) mass is 529 g/mol. The lowest BCUT2D eigenvalue weighted by Gasteiger charge is -2.37. The largest absolute Gasteiger partial charge is 0.441 e. The summed E-state index contributed by atoms with van der Waals surface area (Å²) in [6, 6.07) is 12.4. The zero-order valence-corrected chi connectivity index (χ0v) is 21.0. The Bertz CT molecular complexity index is 1180. The molecule has 2 aromatic carbocycles. The van der Waals surface area contributed by atoms with Gasteiger partial charge in [-0.25, -0.2) is 4.79 Å². The van der Waals surface area contributed by atoms with Crippen molar-refractivity contribution < 1.29 is 32.3 Å². The van der Waals surface area contributed by atoms with Crippen molar-refractivity contribution in [2.75, 3.05) is 32.7 Å². The van der Waals surface area contributed by atoms with Gasteiger partial charge < -0.3 is 9.64 Å². The van der Waals surface area contributed by atoms with Crippen molar-refractivity contribution in [2.24, 2.45) is 0 Å². The van der Waals surface area contributed by atoms with Gasteiger partial charge in [0.15, 0.2) is 0 Å². The van der Waals surface area contributed by atoms with Gasteiger partial charge in [0.05, 0.1) is 12.1 Å². The number of likely N-dealkylation sites (tertiary alicyclic amines) is 2. The highest BCUT2D eigenvalue weighted by molar-refractivity contribution is 5.95. The number of amides is 2. The van der Waals surface area contributed by atoms with Crippen LogP contribution in [0.1, 0.15) is 52.7 Å². The highest BCUT2D eigenvalue weighted by atomic mass is 19.4. The van der Waals surface area contributed by atoms with Gasteiger partial charge in [-0.2, -0.15) is 13.2 Å². The Kier molecular flexibility index (Phi) is 7.17. The summed E-state index contributed by atoms with van der Waals surface area (Å²) < 4.78 is 44.2. The van der Waals surface area contributed by atoms with Gasteiger partial charge in [0.2, 0.25) is 0 Å². The Hall–Kier alpha value is -3.40. The molecule has 38 heavy (non-hydrogen) atoms. The maximum Gasteiger partial charge on any atom is 0.416 e. The number of ether oxygens (including phenoxy) is 1. The van der Waals surface area contributed by atoms with Gasteiger partial charge in [0, 0.05) is 70.5 Å². The molecule has 0 atom stereocenters. The standard InChI is InChI=1S/C28H30F3N3O4/c29-28(30,31)23-7-3-20(4-8-23)17-32-15-11-27(12-16-32)19-34(26(37)38-27)18-21-1-5-22(6-2-21)25(36)33-13-9-24(35)10-14-33/h1-8H,9-19H2. The molecule has 2 amide bonds. The lowest BCUT2D eigenvalue weighted by Crippen LogP contribution is -2.46. The van der Waals surface area contributed by atoms with E-state index in [0.29, 0.717) is 77.1 Å². The van der Waals surface area contributed by atoms with E-state index in [0.717, 1.165) is 23.3 Å². The molecule has 3 heterocycles. The Morgan fingerprint density at radius 2 is 1.42 bits per heavy atom. The fraction of sp³-hybridized carbons (Fsp3) is 0.464. The first-order chi connectivity index (χ1) is 18.1. The first-order valence-corrected chi connectivity index (χ1v) is 12.9. The van der Waals surface area contributed by atoms with Crippen molar-refractivity contribution in [2.45, 2.75) is 50.6 Å². The molecule has 2 aromatic rings. The number of ketones is 1. The second kappa shape index (κ2) is 10.4. The third kappa shape index (κ3) is 5.85. The number of rotatable bonds is 5. The summed E-state index contributed by atoms with van der Waals surface area (Å²) in [5.41, 5.74) is 1.05. The minimum absolute atomic E-state index is 0.0911. The molecule has 0 N–H and O–H groups in total. The molecular weight excluding hydrogens is 499 g/mol. The number of nitrogens with zero attached hydrogens (tertiary/aromatic N) is 3. The number of benzene rings is 2. The quantitative estimate of drug-likeness (QED) is 0.571. The third-order valence-corrected chi connectivity index (χ3v) is 7.68. The van der Waals surface area contributed by atoms with Crippen LogP contribution in [0.4, 0.5) is 18.0 Å². The molecule has 0 aromatic heterocycles. The van der Waals surface area contributed by atoms with Crippen LogP contribution in [0.5, 0.6) is 0 Å². The van der Waals surface area contributed by atoms with Crippen LogP contribution >= 0.6 is 0 Å². The molecule has 7 nitrogen and oxygen atoms in total. The molecule has 0 aliphatic carbocycles. The third-order valence-electron chi connectivity index (χ3n) is 7.68. The summed E-state index contributed by atoms with van der Waals surface area (Å²) in [6.45, 7) is 3.66. The van der Waals surface area contributed by atoms with Gasteiger partial charge in [-0.15, -0.1) is 0 Å². The summed E-state index contributed by atoms with van der Waals surface area (Å²) in [4.78, 5) is 42.3. The molecule has 0 saturated carbocycles. The zero-order valence-electron chi connectivity index (χ0n) is 21.0. The Morgan fingerprint density at radius 1 is 0.842 bits per heavy atom. The van der Waals surface area contributed by atoms with Crippen LogP contribution in [0.25, 0.3) is 0 Å². The second-order valence-corrected chi connectivity index (χ2v) is 10.4. The Morgan fingerprint density at radius 3 is 2.03 bits per heavy atom. The van der Waals surface area contributed by atoms with E-state index in [-0.39, 0.29) is 17.8 Å². The highest BCUT2D eigenvalue weighted by Gasteiger charge is 2.46. The summed E-state index contributed by atoms with van der Waals surface area (Å²) in [6.07, 6.45) is -2.60. The topological polar surface area (TPSA) is 70.2 Å². The highest BCUT2D eigenvalue weighted by Crippen LogP contribution is 2.35. The molecule has 0 bridgehead atoms. The van der Waals surface area contributed by atoms with Gasteiger partial charge in [-0.3, -0.25) is 19.4 Å². The van der Waals surface area contributed by atoms with Crippen LogP contribution in [0.2, 0.25) is 0 Å². The minimum atomic E-state index is -4.34. The average Bonchev–Trinajstić information content (AvgIpc) is 3.20. The number of hydrogen-bond donors (Lipinski definition) is 0. The lowest BCUT2D eigenvalue weighted by atomic mass is 9.91. The number of halogens is 3. The van der Waals surface area contributed by atoms with Gasteiger partial charge in [-0.1, -0.05) is 24.3 Å². The van der Waals surface area contributed by atoms with Crippen molar-refractivity contribution in [1.82, 2.24) is 14.7 Å². The molecule has 3 fully saturated rings. The predicted molar refractivity (Wildman–Crippen MR) is 132 cm³/mol. The van der Waals surface area contributed by atoms with Crippen LogP contribution in [0.15, 0.2) is 48.5 Å². The molecule has 5 rings (SSSR count). The molecular formula is C28H30F3N3O4. The van der Waals surface area contributed by atoms with Crippen molar-refractivity contribution in [3.8, 4) is 0 Å². The normalized spacial score (nSPS) is 20.2. The van der Waals surface area contributed by atoms with E-state index in [1.54, 1.807) is 21.9 Å². The number of Topliss-reactive ketones (excluding diaryl/α,β-unsaturated/α-hetero) is 1. The Balaban J connectivity index is 1.12. The van der Waals surface area contributed by atoms with E-state index in [9.17, 15) is 27.6 Å². The second-order valence-electron chi connectivity index (χ2n) is 10.4. The zero-order chi connectivity index (χ0) is 26.9. The van der Waals surface area contributed by atoms with E-state index >= 15 is 0 Å². The van der Waals surface area contributed by atoms with Crippen molar-refractivity contribution in [3.63, 3.8) is 0 Å². The molecule has 3 aliphatic rings.